The summed E-state index contributed by atoms with van der Waals surface area (Å²) in [7, 11) is 3.01. The predicted octanol–water partition coefficient (Wildman–Crippen LogP) is 1.33. The van der Waals surface area contributed by atoms with Crippen LogP contribution in [0.5, 0.6) is 5.75 Å². The average molecular weight is 448 g/mol. The molecule has 1 atom stereocenters. The monoisotopic (exact) mass is 447 g/mol. The van der Waals surface area contributed by atoms with Gasteiger partial charge in [-0.25, -0.2) is 9.37 Å². The second-order valence-corrected chi connectivity index (χ2v) is 7.51. The molecular weight excluding hydrogens is 428 g/mol. The molecule has 146 valence electrons. The number of imide groups is 1. The predicted molar refractivity (Wildman–Crippen MR) is 109 cm³/mol. The Hall–Kier alpha value is -3.01. The second kappa shape index (κ2) is 7.55. The summed E-state index contributed by atoms with van der Waals surface area (Å²) < 4.78 is 2.50. The van der Waals surface area contributed by atoms with E-state index in [4.69, 9.17) is 0 Å². The number of nitrogens with one attached hydrogen (secondary N) is 1. The molecule has 9 nitrogen and oxygen atoms in total. The number of halogens is 1. The number of fused-ring (bicyclic) bond motifs is 1. The lowest BCUT2D eigenvalue weighted by Crippen LogP contribution is -2.61. The van der Waals surface area contributed by atoms with Crippen LogP contribution in [0.4, 0.5) is 4.79 Å². The highest BCUT2D eigenvalue weighted by Crippen LogP contribution is 2.21. The molecular formula is C18H20BrN6O3+. The van der Waals surface area contributed by atoms with Crippen molar-refractivity contribution < 1.29 is 19.3 Å². The summed E-state index contributed by atoms with van der Waals surface area (Å²) in [4.78, 5) is 31.7. The summed E-state index contributed by atoms with van der Waals surface area (Å²) in [6, 6.07) is 3.79. The van der Waals surface area contributed by atoms with Crippen molar-refractivity contribution in [1.29, 1.82) is 0 Å². The van der Waals surface area contributed by atoms with Crippen molar-refractivity contribution in [3.8, 4) is 5.75 Å². The number of hydrogen-bond acceptors (Lipinski definition) is 6. The van der Waals surface area contributed by atoms with Crippen molar-refractivity contribution >= 4 is 45.9 Å². The number of rotatable bonds is 4. The van der Waals surface area contributed by atoms with Crippen LogP contribution in [0.1, 0.15) is 12.5 Å². The minimum absolute atomic E-state index is 0.0751. The van der Waals surface area contributed by atoms with E-state index in [1.807, 2.05) is 6.92 Å². The number of aliphatic imine (C=N–C) groups is 1. The van der Waals surface area contributed by atoms with Crippen LogP contribution < -0.4 is 5.43 Å². The Morgan fingerprint density at radius 2 is 2.14 bits per heavy atom. The molecule has 28 heavy (non-hydrogen) atoms. The third-order valence-electron chi connectivity index (χ3n) is 4.33. The summed E-state index contributed by atoms with van der Waals surface area (Å²) >= 11 is 3.34. The van der Waals surface area contributed by atoms with E-state index in [0.717, 1.165) is 14.9 Å². The number of guanidine groups is 1. The highest BCUT2D eigenvalue weighted by Gasteiger charge is 2.51. The number of amidine groups is 1. The van der Waals surface area contributed by atoms with Crippen molar-refractivity contribution in [3.05, 3.63) is 40.4 Å². The van der Waals surface area contributed by atoms with E-state index in [0.29, 0.717) is 23.9 Å². The molecule has 1 fully saturated rings. The Bertz CT molecular complexity index is 968. The van der Waals surface area contributed by atoms with Gasteiger partial charge < -0.3 is 5.11 Å². The number of hydrogen-bond donors (Lipinski definition) is 2. The third-order valence-corrected chi connectivity index (χ3v) is 4.82. The fraction of sp³-hybridized carbons (Fsp3) is 0.278. The molecule has 0 aliphatic carbocycles. The minimum Gasteiger partial charge on any atom is -0.507 e. The maximum absolute atomic E-state index is 12.7. The lowest BCUT2D eigenvalue weighted by atomic mass is 10.1. The first kappa shape index (κ1) is 19.7. The van der Waals surface area contributed by atoms with Gasteiger partial charge in [-0.05, 0) is 30.7 Å². The number of urea groups is 1. The summed E-state index contributed by atoms with van der Waals surface area (Å²) in [5.41, 5.74) is 4.13. The number of phenols is 1. The standard InChI is InChI=1S/C18H19BrN6O3/c1-10(2)9-25-14-15(23(3)18(28)24(4)16(14)27)21-17(25)22-20-8-11-7-12(19)5-6-13(11)26/h5-8,14H,1,9H2,2-4H3,(H,20,26)/p+1. The van der Waals surface area contributed by atoms with Crippen molar-refractivity contribution in [2.45, 2.75) is 13.0 Å². The molecule has 0 saturated carbocycles. The number of phenolic OH excluding ortho intramolecular Hbond substituents is 1. The van der Waals surface area contributed by atoms with Crippen LogP contribution >= 0.6 is 15.9 Å². The van der Waals surface area contributed by atoms with Gasteiger partial charge in [0, 0.05) is 24.1 Å². The molecule has 2 aliphatic heterocycles. The molecule has 3 rings (SSSR count). The highest BCUT2D eigenvalue weighted by molar-refractivity contribution is 9.10. The normalized spacial score (nSPS) is 19.4. The maximum atomic E-state index is 12.7. The van der Waals surface area contributed by atoms with E-state index in [9.17, 15) is 14.7 Å². The molecule has 0 bridgehead atoms. The van der Waals surface area contributed by atoms with Gasteiger partial charge in [-0.15, -0.1) is 5.10 Å². The number of aromatic hydroxyl groups is 1. The fourth-order valence-electron chi connectivity index (χ4n) is 2.93. The van der Waals surface area contributed by atoms with Gasteiger partial charge in [-0.1, -0.05) is 27.5 Å². The molecule has 1 saturated heterocycles. The van der Waals surface area contributed by atoms with E-state index in [1.165, 1.54) is 18.2 Å². The molecule has 10 heteroatoms. The molecule has 2 aliphatic rings. The topological polar surface area (TPSA) is 101 Å². The lowest BCUT2D eigenvalue weighted by Gasteiger charge is -2.31. The number of hydrazone groups is 1. The van der Waals surface area contributed by atoms with E-state index >= 15 is 0 Å². The number of carbonyl (C=O) groups excluding carboxylic acids is 2. The lowest BCUT2D eigenvalue weighted by molar-refractivity contribution is -0.529. The first-order chi connectivity index (χ1) is 13.2. The smallest absolute Gasteiger partial charge is 0.414 e. The molecule has 0 radical (unpaired) electrons. The van der Waals surface area contributed by atoms with Crippen LogP contribution in [-0.2, 0) is 4.79 Å². The van der Waals surface area contributed by atoms with Gasteiger partial charge in [0.15, 0.2) is 0 Å². The van der Waals surface area contributed by atoms with Gasteiger partial charge in [0.25, 0.3) is 5.91 Å². The van der Waals surface area contributed by atoms with E-state index in [-0.39, 0.29) is 11.7 Å². The molecule has 0 aromatic heterocycles. The summed E-state index contributed by atoms with van der Waals surface area (Å²) in [6.45, 7) is 6.10. The number of amides is 3. The van der Waals surface area contributed by atoms with Crippen LogP contribution in [0.3, 0.4) is 0 Å². The SMILES string of the molecule is C=C(C)C[N+]1=C(N/N=C/c2cc(Br)ccc2O)N=C2C1C(=O)N(C)C(=O)N2C. The van der Waals surface area contributed by atoms with Crippen molar-refractivity contribution in [2.24, 2.45) is 10.1 Å². The first-order valence-electron chi connectivity index (χ1n) is 8.40. The van der Waals surface area contributed by atoms with Gasteiger partial charge in [-0.2, -0.15) is 5.43 Å². The van der Waals surface area contributed by atoms with Crippen LogP contribution in [-0.4, -0.2) is 76.1 Å². The zero-order valence-corrected chi connectivity index (χ0v) is 17.3. The van der Waals surface area contributed by atoms with Crippen molar-refractivity contribution in [3.63, 3.8) is 0 Å². The van der Waals surface area contributed by atoms with Crippen LogP contribution in [0.25, 0.3) is 0 Å². The maximum Gasteiger partial charge on any atom is 0.414 e. The Morgan fingerprint density at radius 3 is 2.82 bits per heavy atom. The second-order valence-electron chi connectivity index (χ2n) is 6.59. The number of benzene rings is 1. The minimum atomic E-state index is -0.735. The number of likely N-dealkylation sites (N-methyl/N-ethyl adjacent to an activating group) is 2. The van der Waals surface area contributed by atoms with Gasteiger partial charge in [0.2, 0.25) is 11.9 Å². The Balaban J connectivity index is 1.93. The van der Waals surface area contributed by atoms with Gasteiger partial charge in [0.1, 0.15) is 5.75 Å². The van der Waals surface area contributed by atoms with Gasteiger partial charge >= 0.3 is 12.0 Å². The van der Waals surface area contributed by atoms with Crippen molar-refractivity contribution in [1.82, 2.24) is 15.2 Å². The van der Waals surface area contributed by atoms with E-state index < -0.39 is 12.1 Å². The molecule has 1 unspecified atom stereocenters. The third kappa shape index (κ3) is 3.55. The molecule has 2 heterocycles. The van der Waals surface area contributed by atoms with Crippen LogP contribution in [0.2, 0.25) is 0 Å². The Morgan fingerprint density at radius 1 is 1.43 bits per heavy atom. The van der Waals surface area contributed by atoms with Gasteiger partial charge in [0.05, 0.1) is 12.8 Å². The molecule has 0 spiro atoms. The fourth-order valence-corrected chi connectivity index (χ4v) is 3.31. The zero-order valence-electron chi connectivity index (χ0n) is 15.7. The summed E-state index contributed by atoms with van der Waals surface area (Å²) in [5.74, 6) is 0.356. The van der Waals surface area contributed by atoms with Gasteiger partial charge in [-0.3, -0.25) is 14.6 Å². The summed E-state index contributed by atoms with van der Waals surface area (Å²) in [6.07, 6.45) is 1.44. The van der Waals surface area contributed by atoms with E-state index in [1.54, 1.807) is 29.8 Å². The highest BCUT2D eigenvalue weighted by atomic mass is 79.9. The zero-order chi connectivity index (χ0) is 20.6. The Kier molecular flexibility index (Phi) is 5.32. The number of nitrogens with zero attached hydrogens (tertiary/aromatic N) is 5. The number of carbonyl (C=O) groups is 2. The molecule has 2 N–H and O–H groups in total. The molecule has 3 amide bonds. The summed E-state index contributed by atoms with van der Waals surface area (Å²) in [5, 5.41) is 14.0. The van der Waals surface area contributed by atoms with E-state index in [2.05, 4.69) is 38.0 Å². The van der Waals surface area contributed by atoms with Crippen LogP contribution in [0.15, 0.2) is 44.9 Å². The largest absolute Gasteiger partial charge is 0.507 e. The van der Waals surface area contributed by atoms with Crippen molar-refractivity contribution in [2.75, 3.05) is 20.6 Å². The quantitative estimate of drug-likeness (QED) is 0.314. The van der Waals surface area contributed by atoms with Crippen LogP contribution in [0, 0.1) is 0 Å². The first-order valence-corrected chi connectivity index (χ1v) is 9.19. The Labute approximate surface area is 170 Å². The average Bonchev–Trinajstić information content (AvgIpc) is 2.99. The molecule has 1 aromatic carbocycles. The molecule has 1 aromatic rings.